The van der Waals surface area contributed by atoms with E-state index in [0.717, 1.165) is 0 Å². The normalized spacial score (nSPS) is 46.8. The van der Waals surface area contributed by atoms with Crippen molar-refractivity contribution < 1.29 is 14.2 Å². The number of rotatable bonds is 3. The van der Waals surface area contributed by atoms with Crippen LogP contribution in [0, 0.1) is 0 Å². The predicted octanol–water partition coefficient (Wildman–Crippen LogP) is 1.87. The van der Waals surface area contributed by atoms with Crippen LogP contribution in [0.5, 0.6) is 0 Å². The van der Waals surface area contributed by atoms with Crippen LogP contribution in [0.3, 0.4) is 0 Å². The van der Waals surface area contributed by atoms with Crippen molar-refractivity contribution >= 4 is 34.8 Å². The van der Waals surface area contributed by atoms with Gasteiger partial charge in [0.25, 0.3) is 0 Å². The number of methoxy groups -OCH3 is 3. The number of ether oxygens (including phenoxy) is 3. The third-order valence-corrected chi connectivity index (χ3v) is 4.54. The Balaban J connectivity index is 2.89. The van der Waals surface area contributed by atoms with Crippen molar-refractivity contribution in [2.75, 3.05) is 21.3 Å². The molecule has 1 saturated carbocycles. The molecule has 0 radical (unpaired) electrons. The van der Waals surface area contributed by atoms with E-state index in [1.54, 1.807) is 21.3 Å². The average molecular weight is 278 g/mol. The molecule has 1 fully saturated rings. The molecule has 0 unspecified atom stereocenters. The molecule has 15 heavy (non-hydrogen) atoms. The molecule has 0 N–H and O–H groups in total. The summed E-state index contributed by atoms with van der Waals surface area (Å²) < 4.78 is 15.9. The summed E-state index contributed by atoms with van der Waals surface area (Å²) in [7, 11) is 4.71. The molecular weight excluding hydrogens is 262 g/mol. The van der Waals surface area contributed by atoms with Crippen LogP contribution in [0.1, 0.15) is 0 Å². The fourth-order valence-electron chi connectivity index (χ4n) is 1.88. The molecule has 1 rings (SSSR count). The lowest BCUT2D eigenvalue weighted by Gasteiger charge is -2.43. The number of halogens is 3. The SMILES string of the molecule is COC1[C@H](OC)[C@@H](Cl)C(Cl)[C@H](Cl)[C@H]1OC. The van der Waals surface area contributed by atoms with E-state index < -0.39 is 16.1 Å². The summed E-state index contributed by atoms with van der Waals surface area (Å²) in [6, 6.07) is 0. The highest BCUT2D eigenvalue weighted by atomic mass is 35.5. The second-order valence-electron chi connectivity index (χ2n) is 3.43. The van der Waals surface area contributed by atoms with E-state index in [1.807, 2.05) is 0 Å². The highest BCUT2D eigenvalue weighted by Gasteiger charge is 2.50. The molecule has 0 heterocycles. The second-order valence-corrected chi connectivity index (χ2v) is 4.95. The van der Waals surface area contributed by atoms with Crippen LogP contribution >= 0.6 is 34.8 Å². The lowest BCUT2D eigenvalue weighted by Crippen LogP contribution is -2.60. The van der Waals surface area contributed by atoms with Gasteiger partial charge in [0.05, 0.1) is 16.1 Å². The second kappa shape index (κ2) is 5.89. The minimum atomic E-state index is -0.408. The van der Waals surface area contributed by atoms with Crippen LogP contribution in [-0.4, -0.2) is 55.8 Å². The largest absolute Gasteiger partial charge is 0.377 e. The third-order valence-electron chi connectivity index (χ3n) is 2.70. The lowest BCUT2D eigenvalue weighted by molar-refractivity contribution is -0.123. The van der Waals surface area contributed by atoms with Gasteiger partial charge in [0.1, 0.15) is 18.3 Å². The van der Waals surface area contributed by atoms with Gasteiger partial charge in [-0.2, -0.15) is 0 Å². The van der Waals surface area contributed by atoms with E-state index in [0.29, 0.717) is 0 Å². The van der Waals surface area contributed by atoms with Crippen LogP contribution in [-0.2, 0) is 14.2 Å². The first kappa shape index (κ1) is 13.8. The molecule has 1 aliphatic rings. The van der Waals surface area contributed by atoms with Crippen molar-refractivity contribution in [3.8, 4) is 0 Å². The van der Waals surface area contributed by atoms with Crippen molar-refractivity contribution in [1.29, 1.82) is 0 Å². The number of alkyl halides is 3. The molecule has 0 bridgehead atoms. The van der Waals surface area contributed by atoms with Crippen molar-refractivity contribution in [3.63, 3.8) is 0 Å². The van der Waals surface area contributed by atoms with E-state index in [9.17, 15) is 0 Å². The van der Waals surface area contributed by atoms with Gasteiger partial charge in [-0.05, 0) is 0 Å². The average Bonchev–Trinajstić information content (AvgIpc) is 2.25. The van der Waals surface area contributed by atoms with Gasteiger partial charge in [-0.15, -0.1) is 34.8 Å². The van der Waals surface area contributed by atoms with Gasteiger partial charge in [0.2, 0.25) is 0 Å². The zero-order valence-corrected chi connectivity index (χ0v) is 11.1. The quantitative estimate of drug-likeness (QED) is 0.737. The van der Waals surface area contributed by atoms with E-state index in [4.69, 9.17) is 49.0 Å². The Hall–Kier alpha value is 0.750. The third kappa shape index (κ3) is 2.54. The Bertz CT molecular complexity index is 187. The molecule has 3 nitrogen and oxygen atoms in total. The molecule has 0 amide bonds. The highest BCUT2D eigenvalue weighted by Crippen LogP contribution is 2.36. The minimum Gasteiger partial charge on any atom is -0.377 e. The first-order valence-corrected chi connectivity index (χ1v) is 5.90. The molecule has 6 heteroatoms. The van der Waals surface area contributed by atoms with Crippen molar-refractivity contribution in [1.82, 2.24) is 0 Å². The Kier molecular flexibility index (Phi) is 5.43. The summed E-state index contributed by atoms with van der Waals surface area (Å²) in [4.78, 5) is 0. The maximum atomic E-state index is 6.15. The molecule has 1 aliphatic carbocycles. The molecule has 0 aromatic heterocycles. The first-order valence-electron chi connectivity index (χ1n) is 4.59. The van der Waals surface area contributed by atoms with Crippen LogP contribution in [0.25, 0.3) is 0 Å². The highest BCUT2D eigenvalue weighted by molar-refractivity contribution is 6.35. The number of hydrogen-bond donors (Lipinski definition) is 0. The van der Waals surface area contributed by atoms with Gasteiger partial charge in [-0.1, -0.05) is 0 Å². The summed E-state index contributed by atoms with van der Waals surface area (Å²) in [6.45, 7) is 0. The van der Waals surface area contributed by atoms with Crippen LogP contribution in [0.15, 0.2) is 0 Å². The van der Waals surface area contributed by atoms with Gasteiger partial charge in [0.15, 0.2) is 0 Å². The van der Waals surface area contributed by atoms with Crippen molar-refractivity contribution in [3.05, 3.63) is 0 Å². The Morgan fingerprint density at radius 3 is 1.20 bits per heavy atom. The van der Waals surface area contributed by atoms with E-state index in [-0.39, 0.29) is 18.3 Å². The van der Waals surface area contributed by atoms with Crippen LogP contribution in [0.2, 0.25) is 0 Å². The van der Waals surface area contributed by atoms with Crippen molar-refractivity contribution in [2.45, 2.75) is 34.4 Å². The zero-order valence-electron chi connectivity index (χ0n) is 8.82. The van der Waals surface area contributed by atoms with Crippen LogP contribution in [0.4, 0.5) is 0 Å². The van der Waals surface area contributed by atoms with Gasteiger partial charge in [-0.25, -0.2) is 0 Å². The molecule has 0 spiro atoms. The van der Waals surface area contributed by atoms with Gasteiger partial charge in [-0.3, -0.25) is 0 Å². The predicted molar refractivity (Wildman–Crippen MR) is 61.3 cm³/mol. The molecule has 90 valence electrons. The molecule has 0 saturated heterocycles. The summed E-state index contributed by atoms with van der Waals surface area (Å²) in [5.41, 5.74) is 0. The minimum absolute atomic E-state index is 0.306. The maximum absolute atomic E-state index is 6.15. The summed E-state index contributed by atoms with van der Waals surface area (Å²) in [5, 5.41) is -1.19. The monoisotopic (exact) mass is 276 g/mol. The fraction of sp³-hybridized carbons (Fsp3) is 1.00. The Labute approximate surface area is 105 Å². The standard InChI is InChI=1S/C9H15Cl3O3/c1-13-7-5(11)4(10)6(12)8(14-2)9(7)15-3/h4-9H,1-3H3/t4?,5-,6-,7+,8+,9?/m0/s1. The topological polar surface area (TPSA) is 27.7 Å². The van der Waals surface area contributed by atoms with Gasteiger partial charge >= 0.3 is 0 Å². The number of hydrogen-bond acceptors (Lipinski definition) is 3. The maximum Gasteiger partial charge on any atom is 0.112 e. The molecule has 0 aliphatic heterocycles. The van der Waals surface area contributed by atoms with Gasteiger partial charge < -0.3 is 14.2 Å². The lowest BCUT2D eigenvalue weighted by atomic mass is 9.90. The molecule has 0 aromatic rings. The van der Waals surface area contributed by atoms with E-state index >= 15 is 0 Å². The van der Waals surface area contributed by atoms with E-state index in [2.05, 4.69) is 0 Å². The summed E-state index contributed by atoms with van der Waals surface area (Å²) in [6.07, 6.45) is -0.946. The van der Waals surface area contributed by atoms with E-state index in [1.165, 1.54) is 0 Å². The fourth-order valence-corrected chi connectivity index (χ4v) is 3.05. The molecular formula is C9H15Cl3O3. The Morgan fingerprint density at radius 1 is 0.600 bits per heavy atom. The van der Waals surface area contributed by atoms with Gasteiger partial charge in [0, 0.05) is 21.3 Å². The van der Waals surface area contributed by atoms with Crippen molar-refractivity contribution in [2.24, 2.45) is 0 Å². The summed E-state index contributed by atoms with van der Waals surface area (Å²) in [5.74, 6) is 0. The first-order chi connectivity index (χ1) is 7.08. The zero-order chi connectivity index (χ0) is 11.6. The molecule has 4 atom stereocenters. The molecule has 0 aromatic carbocycles. The Morgan fingerprint density at radius 2 is 0.933 bits per heavy atom. The summed E-state index contributed by atoms with van der Waals surface area (Å²) >= 11 is 18.4. The van der Waals surface area contributed by atoms with Crippen LogP contribution < -0.4 is 0 Å². The smallest absolute Gasteiger partial charge is 0.112 e.